The van der Waals surface area contributed by atoms with Gasteiger partial charge in [0.25, 0.3) is 0 Å². The van der Waals surface area contributed by atoms with Gasteiger partial charge in [-0.3, -0.25) is 14.6 Å². The van der Waals surface area contributed by atoms with Crippen LogP contribution in [0.1, 0.15) is 39.9 Å². The van der Waals surface area contributed by atoms with Crippen LogP contribution in [0.3, 0.4) is 0 Å². The highest BCUT2D eigenvalue weighted by molar-refractivity contribution is 7.22. The molecule has 2 aliphatic heterocycles. The van der Waals surface area contributed by atoms with Gasteiger partial charge in [-0.15, -0.1) is 11.3 Å². The summed E-state index contributed by atoms with van der Waals surface area (Å²) in [5.74, 6) is -6.26. The zero-order valence-corrected chi connectivity index (χ0v) is 29.3. The van der Waals surface area contributed by atoms with Gasteiger partial charge in [0.1, 0.15) is 18.1 Å². The highest BCUT2D eigenvalue weighted by Gasteiger charge is 2.23. The molecule has 0 aliphatic carbocycles. The van der Waals surface area contributed by atoms with Crippen LogP contribution in [0.25, 0.3) is 20.5 Å². The van der Waals surface area contributed by atoms with E-state index < -0.39 is 23.9 Å². The monoisotopic (exact) mass is 736 g/mol. The molecule has 52 heavy (non-hydrogen) atoms. The van der Waals surface area contributed by atoms with Gasteiger partial charge in [-0.1, -0.05) is 12.1 Å². The summed E-state index contributed by atoms with van der Waals surface area (Å²) in [6, 6.07) is 19.3. The van der Waals surface area contributed by atoms with Crippen molar-refractivity contribution in [1.82, 2.24) is 9.80 Å². The highest BCUT2D eigenvalue weighted by atomic mass is 32.1. The number of rotatable bonds is 9. The Hall–Kier alpha value is -5.35. The van der Waals surface area contributed by atoms with Gasteiger partial charge in [0.15, 0.2) is 5.78 Å². The van der Waals surface area contributed by atoms with E-state index in [1.54, 1.807) is 12.1 Å². The molecule has 0 atom stereocenters. The largest absolute Gasteiger partial charge is 0.508 e. The number of thiophene rings is 1. The van der Waals surface area contributed by atoms with Crippen molar-refractivity contribution in [3.8, 4) is 21.9 Å². The maximum absolute atomic E-state index is 14.1. The third-order valence-corrected chi connectivity index (χ3v) is 9.56. The number of fused-ring (bicyclic) bond motifs is 1. The Morgan fingerprint density at radius 3 is 1.96 bits per heavy atom. The standard InChI is InChI=1S/C33H36N2O4S.2C2H2O4/c1-23-20-25(4-5-26(23)22-35-14-17-38-18-15-35)32(37)31-29-11-8-27(36)21-30(29)40-33(31)24-6-9-28(10-7-24)39-19-16-34-12-2-3-13-34;2*3-1(4)2(5)6/h4-11,20-21,36H,2-3,12-19,22H2,1H3;2*(H,3,4)(H,5,6). The van der Waals surface area contributed by atoms with Crippen molar-refractivity contribution in [2.75, 3.05) is 52.5 Å². The minimum atomic E-state index is -1.82. The van der Waals surface area contributed by atoms with Gasteiger partial charge in [0, 0.05) is 52.3 Å². The third-order valence-electron chi connectivity index (χ3n) is 8.36. The number of carboxylic acid groups (broad SMARTS) is 4. The number of aromatic hydroxyl groups is 1. The van der Waals surface area contributed by atoms with Gasteiger partial charge in [-0.05, 0) is 98.1 Å². The SMILES string of the molecule is Cc1cc(C(=O)c2c(-c3ccc(OCCN4CCCC4)cc3)sc3cc(O)ccc23)ccc1CN1CCOCC1.O=C(O)C(=O)O.O=C(O)C(=O)O. The minimum absolute atomic E-state index is 0.00102. The summed E-state index contributed by atoms with van der Waals surface area (Å²) in [6.07, 6.45) is 2.56. The fraction of sp³-hybridized carbons (Fsp3) is 0.324. The van der Waals surface area contributed by atoms with Crippen molar-refractivity contribution in [3.63, 3.8) is 0 Å². The number of likely N-dealkylation sites (tertiary alicyclic amines) is 1. The molecule has 2 fully saturated rings. The maximum atomic E-state index is 14.1. The van der Waals surface area contributed by atoms with Crippen LogP contribution in [-0.4, -0.2) is 118 Å². The average molecular weight is 737 g/mol. The van der Waals surface area contributed by atoms with Crippen LogP contribution in [0.15, 0.2) is 60.7 Å². The lowest BCUT2D eigenvalue weighted by Gasteiger charge is -2.27. The number of phenols is 1. The fourth-order valence-corrected chi connectivity index (χ4v) is 6.91. The second kappa shape index (κ2) is 18.8. The Morgan fingerprint density at radius 1 is 0.769 bits per heavy atom. The average Bonchev–Trinajstić information content (AvgIpc) is 3.78. The normalized spacial score (nSPS) is 14.4. The summed E-state index contributed by atoms with van der Waals surface area (Å²) in [5, 5.41) is 40.6. The summed E-state index contributed by atoms with van der Waals surface area (Å²) in [5.41, 5.74) is 4.68. The Kier molecular flexibility index (Phi) is 14.2. The molecule has 15 heteroatoms. The summed E-state index contributed by atoms with van der Waals surface area (Å²) in [6.45, 7) is 10.3. The molecule has 0 unspecified atom stereocenters. The first-order valence-electron chi connectivity index (χ1n) is 16.4. The predicted octanol–water partition coefficient (Wildman–Crippen LogP) is 4.43. The first-order valence-corrected chi connectivity index (χ1v) is 17.2. The zero-order chi connectivity index (χ0) is 37.8. The van der Waals surface area contributed by atoms with Crippen LogP contribution in [-0.2, 0) is 30.5 Å². The molecule has 6 rings (SSSR count). The maximum Gasteiger partial charge on any atom is 0.414 e. The molecule has 0 bridgehead atoms. The number of carbonyl (C=O) groups is 5. The van der Waals surface area contributed by atoms with E-state index in [0.717, 1.165) is 84.3 Å². The zero-order valence-electron chi connectivity index (χ0n) is 28.4. The summed E-state index contributed by atoms with van der Waals surface area (Å²) >= 11 is 1.54. The second-order valence-corrected chi connectivity index (χ2v) is 13.0. The van der Waals surface area contributed by atoms with Gasteiger partial charge in [0.2, 0.25) is 0 Å². The predicted molar refractivity (Wildman–Crippen MR) is 191 cm³/mol. The van der Waals surface area contributed by atoms with E-state index in [-0.39, 0.29) is 11.5 Å². The van der Waals surface area contributed by atoms with E-state index in [1.165, 1.54) is 29.7 Å². The molecule has 0 radical (unpaired) electrons. The molecule has 3 aromatic carbocycles. The minimum Gasteiger partial charge on any atom is -0.508 e. The molecule has 276 valence electrons. The molecule has 5 N–H and O–H groups in total. The Morgan fingerprint density at radius 2 is 1.38 bits per heavy atom. The molecular weight excluding hydrogens is 696 g/mol. The van der Waals surface area contributed by atoms with E-state index in [4.69, 9.17) is 49.1 Å². The number of carboxylic acids is 4. The number of aryl methyl sites for hydroxylation is 1. The number of ether oxygens (including phenoxy) is 2. The van der Waals surface area contributed by atoms with E-state index in [9.17, 15) is 9.90 Å². The number of benzene rings is 3. The second-order valence-electron chi connectivity index (χ2n) is 12.0. The Bertz CT molecular complexity index is 1850. The topological polar surface area (TPSA) is 211 Å². The molecule has 0 spiro atoms. The summed E-state index contributed by atoms with van der Waals surface area (Å²) in [4.78, 5) is 56.2. The molecule has 3 heterocycles. The lowest BCUT2D eigenvalue weighted by atomic mass is 9.95. The number of carbonyl (C=O) groups excluding carboxylic acids is 1. The number of phenolic OH excluding ortho intramolecular Hbond substituents is 1. The van der Waals surface area contributed by atoms with Crippen LogP contribution in [0.5, 0.6) is 11.5 Å². The molecule has 2 aliphatic rings. The van der Waals surface area contributed by atoms with Crippen LogP contribution in [0.2, 0.25) is 0 Å². The first kappa shape index (κ1) is 39.4. The van der Waals surface area contributed by atoms with Gasteiger partial charge >= 0.3 is 23.9 Å². The molecule has 1 aromatic heterocycles. The highest BCUT2D eigenvalue weighted by Crippen LogP contribution is 2.41. The van der Waals surface area contributed by atoms with Crippen molar-refractivity contribution in [1.29, 1.82) is 0 Å². The molecule has 2 saturated heterocycles. The number of ketones is 1. The fourth-order valence-electron chi connectivity index (χ4n) is 5.67. The van der Waals surface area contributed by atoms with E-state index >= 15 is 0 Å². The number of hydrogen-bond acceptors (Lipinski definition) is 11. The molecule has 14 nitrogen and oxygen atoms in total. The molecule has 0 amide bonds. The number of hydrogen-bond donors (Lipinski definition) is 5. The van der Waals surface area contributed by atoms with Gasteiger partial charge < -0.3 is 35.0 Å². The van der Waals surface area contributed by atoms with Crippen molar-refractivity contribution < 1.29 is 59.0 Å². The van der Waals surface area contributed by atoms with Gasteiger partial charge in [-0.25, -0.2) is 19.2 Å². The molecular formula is C37H40N2O12S. The van der Waals surface area contributed by atoms with E-state index in [1.807, 2.05) is 42.5 Å². The van der Waals surface area contributed by atoms with Crippen LogP contribution in [0, 0.1) is 6.92 Å². The van der Waals surface area contributed by atoms with Crippen LogP contribution < -0.4 is 4.74 Å². The Labute approximate surface area is 303 Å². The van der Waals surface area contributed by atoms with Crippen molar-refractivity contribution in [3.05, 3.63) is 82.9 Å². The quantitative estimate of drug-likeness (QED) is 0.119. The van der Waals surface area contributed by atoms with Crippen LogP contribution >= 0.6 is 11.3 Å². The van der Waals surface area contributed by atoms with E-state index in [0.29, 0.717) is 17.7 Å². The van der Waals surface area contributed by atoms with Gasteiger partial charge in [-0.2, -0.15) is 0 Å². The van der Waals surface area contributed by atoms with Crippen molar-refractivity contribution in [2.45, 2.75) is 26.3 Å². The smallest absolute Gasteiger partial charge is 0.414 e. The molecule has 0 saturated carbocycles. The van der Waals surface area contributed by atoms with Gasteiger partial charge in [0.05, 0.1) is 13.2 Å². The van der Waals surface area contributed by atoms with Crippen LogP contribution in [0.4, 0.5) is 0 Å². The summed E-state index contributed by atoms with van der Waals surface area (Å²) < 4.78 is 12.4. The lowest BCUT2D eigenvalue weighted by Crippen LogP contribution is -2.35. The molecule has 4 aromatic rings. The van der Waals surface area contributed by atoms with Crippen molar-refractivity contribution >= 4 is 51.1 Å². The van der Waals surface area contributed by atoms with E-state index in [2.05, 4.69) is 22.8 Å². The first-order chi connectivity index (χ1) is 24.8. The van der Waals surface area contributed by atoms with Crippen molar-refractivity contribution in [2.24, 2.45) is 0 Å². The lowest BCUT2D eigenvalue weighted by molar-refractivity contribution is -0.159. The Balaban J connectivity index is 0.000000436. The summed E-state index contributed by atoms with van der Waals surface area (Å²) in [7, 11) is 0. The number of aliphatic carboxylic acids is 4. The number of nitrogens with zero attached hydrogens (tertiary/aromatic N) is 2. The third kappa shape index (κ3) is 11.1. The number of morpholine rings is 1.